The summed E-state index contributed by atoms with van der Waals surface area (Å²) in [6.45, 7) is 0. The molecule has 0 saturated carbocycles. The van der Waals surface area contributed by atoms with Crippen LogP contribution >= 0.6 is 11.8 Å². The van der Waals surface area contributed by atoms with Gasteiger partial charge in [-0.15, -0.1) is 5.75 Å². The summed E-state index contributed by atoms with van der Waals surface area (Å²) >= 11 is 1.74. The smallest absolute Gasteiger partial charge is 0.244 e. The fourth-order valence-corrected chi connectivity index (χ4v) is 4.14. The van der Waals surface area contributed by atoms with Gasteiger partial charge in [0.15, 0.2) is 5.69 Å². The summed E-state index contributed by atoms with van der Waals surface area (Å²) < 4.78 is 4.28. The van der Waals surface area contributed by atoms with Crippen LogP contribution in [0, 0.1) is 0 Å². The van der Waals surface area contributed by atoms with Gasteiger partial charge in [0.25, 0.3) is 0 Å². The molecule has 122 valence electrons. The zero-order valence-electron chi connectivity index (χ0n) is 13.8. The number of fused-ring (bicyclic) bond motifs is 3. The van der Waals surface area contributed by atoms with Crippen molar-refractivity contribution >= 4 is 33.6 Å². The molecule has 1 N–H and O–H groups in total. The maximum absolute atomic E-state index is 11.7. The minimum atomic E-state index is 0.0286. The van der Waals surface area contributed by atoms with Crippen LogP contribution in [0.5, 0.6) is 5.75 Å². The van der Waals surface area contributed by atoms with Gasteiger partial charge in [0.05, 0.1) is 31.7 Å². The van der Waals surface area contributed by atoms with E-state index in [0.29, 0.717) is 0 Å². The number of rotatable bonds is 3. The molecule has 0 aliphatic rings. The molecule has 0 fully saturated rings. The largest absolute Gasteiger partial charge is 0.872 e. The number of benzene rings is 1. The number of hydrogen-bond acceptors (Lipinski definition) is 3. The van der Waals surface area contributed by atoms with E-state index in [1.165, 1.54) is 10.7 Å². The Labute approximate surface area is 144 Å². The highest BCUT2D eigenvalue weighted by atomic mass is 32.2. The predicted molar refractivity (Wildman–Crippen MR) is 94.2 cm³/mol. The van der Waals surface area contributed by atoms with Crippen molar-refractivity contribution in [2.75, 3.05) is 6.26 Å². The summed E-state index contributed by atoms with van der Waals surface area (Å²) in [5.41, 5.74) is 4.21. The fraction of sp³-hybridized carbons (Fsp3) is 0.222. The van der Waals surface area contributed by atoms with E-state index in [1.54, 1.807) is 23.9 Å². The van der Waals surface area contributed by atoms with E-state index in [1.807, 2.05) is 18.3 Å². The minimum Gasteiger partial charge on any atom is -0.872 e. The topological polar surface area (TPSA) is 60.5 Å². The first-order valence-electron chi connectivity index (χ1n) is 7.72. The second kappa shape index (κ2) is 5.56. The van der Waals surface area contributed by atoms with Crippen molar-refractivity contribution in [3.05, 3.63) is 48.2 Å². The molecule has 0 spiro atoms. The highest BCUT2D eigenvalue weighted by molar-refractivity contribution is 7.98. The molecule has 5 nitrogen and oxygen atoms in total. The molecule has 0 aliphatic heterocycles. The van der Waals surface area contributed by atoms with Crippen LogP contribution < -0.4 is 9.67 Å². The predicted octanol–water partition coefficient (Wildman–Crippen LogP) is 2.27. The van der Waals surface area contributed by atoms with Gasteiger partial charge in [-0.05, 0) is 18.4 Å². The van der Waals surface area contributed by atoms with E-state index in [4.69, 9.17) is 0 Å². The fourth-order valence-electron chi connectivity index (χ4n) is 3.35. The van der Waals surface area contributed by atoms with Crippen LogP contribution in [0.1, 0.15) is 11.4 Å². The first-order chi connectivity index (χ1) is 11.6. The molecule has 0 saturated heterocycles. The molecule has 24 heavy (non-hydrogen) atoms. The Morgan fingerprint density at radius 3 is 2.92 bits per heavy atom. The second-order valence-corrected chi connectivity index (χ2v) is 6.78. The van der Waals surface area contributed by atoms with Gasteiger partial charge in [-0.2, -0.15) is 0 Å². The number of imidazole rings is 1. The van der Waals surface area contributed by atoms with Gasteiger partial charge in [0.2, 0.25) is 11.4 Å². The number of aromatic nitrogens is 4. The van der Waals surface area contributed by atoms with E-state index in [0.717, 1.165) is 33.9 Å². The Morgan fingerprint density at radius 1 is 1.29 bits per heavy atom. The zero-order chi connectivity index (χ0) is 16.8. The Bertz CT molecular complexity index is 1060. The van der Waals surface area contributed by atoms with Gasteiger partial charge in [-0.25, -0.2) is 9.13 Å². The van der Waals surface area contributed by atoms with Gasteiger partial charge < -0.3 is 10.1 Å². The van der Waals surface area contributed by atoms with Crippen molar-refractivity contribution in [2.45, 2.75) is 11.4 Å². The Morgan fingerprint density at radius 2 is 2.12 bits per heavy atom. The lowest BCUT2D eigenvalue weighted by atomic mass is 10.1. The number of nitrogens with one attached hydrogen (secondary N) is 1. The van der Waals surface area contributed by atoms with Gasteiger partial charge in [0, 0.05) is 22.5 Å². The molecule has 0 radical (unpaired) electrons. The Hall–Kier alpha value is -2.47. The quantitative estimate of drug-likeness (QED) is 0.460. The highest BCUT2D eigenvalue weighted by Crippen LogP contribution is 2.30. The number of aryl methyl sites for hydroxylation is 2. The van der Waals surface area contributed by atoms with Crippen LogP contribution in [-0.2, 0) is 20.5 Å². The molecule has 0 bridgehead atoms. The Balaban J connectivity index is 1.90. The number of aromatic amines is 1. The molecule has 3 aromatic heterocycles. The van der Waals surface area contributed by atoms with Crippen LogP contribution in [-0.4, -0.2) is 20.8 Å². The molecule has 4 rings (SSSR count). The van der Waals surface area contributed by atoms with Crippen molar-refractivity contribution < 1.29 is 9.67 Å². The molecule has 0 amide bonds. The van der Waals surface area contributed by atoms with Gasteiger partial charge in [-0.1, -0.05) is 23.9 Å². The molecule has 3 heterocycles. The first kappa shape index (κ1) is 15.1. The molecule has 0 aliphatic carbocycles. The zero-order valence-corrected chi connectivity index (χ0v) is 14.6. The maximum atomic E-state index is 11.7. The lowest BCUT2D eigenvalue weighted by Gasteiger charge is -2.03. The molecular formula is C18H18N4OS. The summed E-state index contributed by atoms with van der Waals surface area (Å²) in [6.07, 6.45) is 6.73. The van der Waals surface area contributed by atoms with Crippen molar-refractivity contribution in [2.24, 2.45) is 14.1 Å². The third-order valence-corrected chi connectivity index (χ3v) is 5.35. The monoisotopic (exact) mass is 338 g/mol. The van der Waals surface area contributed by atoms with E-state index >= 15 is 0 Å². The SMILES string of the molecule is CSc1c(Cc2nccc3c2[nH]c2ccc([O-])cc23)n(C)c[n+]1C. The standard InChI is InChI=1S/C18H18N4OS/c1-21-10-22(2)18(24-3)16(21)9-15-17-12(6-7-19-15)13-8-11(23)4-5-14(13)20-17/h4-8,10H,9H2,1-3H3,(H-,19,20,23). The van der Waals surface area contributed by atoms with Crippen molar-refractivity contribution in [1.29, 1.82) is 0 Å². The number of thioether (sulfide) groups is 1. The van der Waals surface area contributed by atoms with Gasteiger partial charge in [0.1, 0.15) is 0 Å². The molecule has 0 unspecified atom stereocenters. The lowest BCUT2D eigenvalue weighted by Crippen LogP contribution is -2.27. The lowest BCUT2D eigenvalue weighted by molar-refractivity contribution is -0.707. The second-order valence-electron chi connectivity index (χ2n) is 5.98. The van der Waals surface area contributed by atoms with E-state index in [2.05, 4.69) is 45.8 Å². The van der Waals surface area contributed by atoms with Crippen LogP contribution in [0.3, 0.4) is 0 Å². The average molecular weight is 338 g/mol. The number of pyridine rings is 1. The summed E-state index contributed by atoms with van der Waals surface area (Å²) in [7, 11) is 4.12. The number of H-pyrrole nitrogens is 1. The average Bonchev–Trinajstić information content (AvgIpc) is 3.05. The van der Waals surface area contributed by atoms with E-state index in [-0.39, 0.29) is 5.75 Å². The highest BCUT2D eigenvalue weighted by Gasteiger charge is 2.20. The summed E-state index contributed by atoms with van der Waals surface area (Å²) in [5.74, 6) is 0.0286. The van der Waals surface area contributed by atoms with Crippen molar-refractivity contribution in [1.82, 2.24) is 14.5 Å². The normalized spacial score (nSPS) is 11.6. The number of hydrogen-bond donors (Lipinski definition) is 1. The number of nitrogens with zero attached hydrogens (tertiary/aromatic N) is 3. The van der Waals surface area contributed by atoms with Crippen LogP contribution in [0.25, 0.3) is 21.8 Å². The van der Waals surface area contributed by atoms with E-state index in [9.17, 15) is 5.11 Å². The van der Waals surface area contributed by atoms with Crippen LogP contribution in [0.15, 0.2) is 41.8 Å². The summed E-state index contributed by atoms with van der Waals surface area (Å²) in [4.78, 5) is 8.04. The molecule has 1 aromatic carbocycles. The molecular weight excluding hydrogens is 320 g/mol. The molecule has 4 aromatic rings. The third-order valence-electron chi connectivity index (χ3n) is 4.44. The summed E-state index contributed by atoms with van der Waals surface area (Å²) in [5, 5.41) is 14.9. The first-order valence-corrected chi connectivity index (χ1v) is 8.95. The molecule has 0 atom stereocenters. The van der Waals surface area contributed by atoms with Crippen LogP contribution in [0.4, 0.5) is 0 Å². The minimum absolute atomic E-state index is 0.0286. The Kier molecular flexibility index (Phi) is 3.49. The third kappa shape index (κ3) is 2.26. The van der Waals surface area contributed by atoms with Crippen molar-refractivity contribution in [3.63, 3.8) is 0 Å². The van der Waals surface area contributed by atoms with Crippen molar-refractivity contribution in [3.8, 4) is 5.75 Å². The van der Waals surface area contributed by atoms with Gasteiger partial charge >= 0.3 is 0 Å². The van der Waals surface area contributed by atoms with E-state index < -0.39 is 0 Å². The molecule has 6 heteroatoms. The maximum Gasteiger partial charge on any atom is 0.244 e. The van der Waals surface area contributed by atoms with Crippen LogP contribution in [0.2, 0.25) is 0 Å². The summed E-state index contributed by atoms with van der Waals surface area (Å²) in [6, 6.07) is 7.09. The van der Waals surface area contributed by atoms with Gasteiger partial charge in [-0.3, -0.25) is 4.98 Å².